The molecule has 2 amide bonds. The predicted molar refractivity (Wildman–Crippen MR) is 138 cm³/mol. The number of nitrogens with zero attached hydrogens (tertiary/aromatic N) is 1. The van der Waals surface area contributed by atoms with Gasteiger partial charge in [0.25, 0.3) is 11.8 Å². The molecule has 2 atom stereocenters. The monoisotopic (exact) mass is 528 g/mol. The number of aryl methyl sites for hydroxylation is 1. The lowest BCUT2D eigenvalue weighted by molar-refractivity contribution is 0.0993. The number of hydrogen-bond acceptors (Lipinski definition) is 6. The van der Waals surface area contributed by atoms with Crippen LogP contribution < -0.4 is 16.8 Å². The van der Waals surface area contributed by atoms with Crippen molar-refractivity contribution < 1.29 is 27.9 Å². The highest BCUT2D eigenvalue weighted by Gasteiger charge is 2.32. The maximum absolute atomic E-state index is 14.1. The van der Waals surface area contributed by atoms with Crippen molar-refractivity contribution in [3.63, 3.8) is 0 Å². The summed E-state index contributed by atoms with van der Waals surface area (Å²) in [4.78, 5) is 30.0. The summed E-state index contributed by atoms with van der Waals surface area (Å²) in [6.45, 7) is 4.17. The summed E-state index contributed by atoms with van der Waals surface area (Å²) in [5.41, 5.74) is 12.9. The number of carbonyl (C=O) groups is 2. The lowest BCUT2D eigenvalue weighted by Gasteiger charge is -2.27. The number of aromatic nitrogens is 1. The van der Waals surface area contributed by atoms with Crippen molar-refractivity contribution in [1.29, 1.82) is 0 Å². The van der Waals surface area contributed by atoms with E-state index < -0.39 is 35.5 Å². The number of aliphatic hydroxyl groups is 1. The van der Waals surface area contributed by atoms with E-state index in [2.05, 4.69) is 10.3 Å². The van der Waals surface area contributed by atoms with Gasteiger partial charge in [-0.25, -0.2) is 8.78 Å². The predicted octanol–water partition coefficient (Wildman–Crippen LogP) is 3.53. The van der Waals surface area contributed by atoms with Crippen molar-refractivity contribution in [2.75, 3.05) is 6.54 Å². The number of hydrogen-bond donors (Lipinski definition) is 4. The van der Waals surface area contributed by atoms with E-state index in [4.69, 9.17) is 15.9 Å². The third-order valence-corrected chi connectivity index (χ3v) is 6.31. The van der Waals surface area contributed by atoms with Gasteiger partial charge < -0.3 is 26.3 Å². The standard InChI is InChI=1S/C28H34F2N4O4/c1-3-6-20-24(27(31)36)22(7-4-2)34-26(25(20)28(32)37)21(12-16-10-17(29)13-18(30)11-16)23(35)15-33-14-19-8-5-9-38-19/h5,8-11,13,21,23,33,35H,3-4,6-7,12,14-15H2,1-2H3,(H2,31,36)(H2,32,37)/t21-,23+/m1/s1. The van der Waals surface area contributed by atoms with Gasteiger partial charge in [0.05, 0.1) is 41.4 Å². The van der Waals surface area contributed by atoms with Crippen LogP contribution >= 0.6 is 0 Å². The fourth-order valence-corrected chi connectivity index (χ4v) is 4.76. The Bertz CT molecular complexity index is 1240. The molecule has 38 heavy (non-hydrogen) atoms. The van der Waals surface area contributed by atoms with Gasteiger partial charge in [0.15, 0.2) is 0 Å². The van der Waals surface area contributed by atoms with Crippen LogP contribution in [0, 0.1) is 11.6 Å². The first-order valence-corrected chi connectivity index (χ1v) is 12.7. The number of nitrogens with two attached hydrogens (primary N) is 2. The molecule has 2 heterocycles. The van der Waals surface area contributed by atoms with Crippen molar-refractivity contribution in [2.45, 2.75) is 64.5 Å². The average Bonchev–Trinajstić information content (AvgIpc) is 3.35. The highest BCUT2D eigenvalue weighted by Crippen LogP contribution is 2.32. The quantitative estimate of drug-likeness (QED) is 0.252. The van der Waals surface area contributed by atoms with Crippen molar-refractivity contribution >= 4 is 11.8 Å². The molecule has 3 rings (SSSR count). The largest absolute Gasteiger partial charge is 0.468 e. The Kier molecular flexibility index (Phi) is 10.1. The van der Waals surface area contributed by atoms with Crippen LogP contribution in [0.15, 0.2) is 41.0 Å². The number of benzene rings is 1. The minimum absolute atomic E-state index is 0.00691. The van der Waals surface area contributed by atoms with E-state index >= 15 is 0 Å². The van der Waals surface area contributed by atoms with Gasteiger partial charge in [0, 0.05) is 18.5 Å². The third-order valence-electron chi connectivity index (χ3n) is 6.31. The summed E-state index contributed by atoms with van der Waals surface area (Å²) >= 11 is 0. The van der Waals surface area contributed by atoms with E-state index in [1.165, 1.54) is 18.4 Å². The van der Waals surface area contributed by atoms with Gasteiger partial charge in [0.1, 0.15) is 17.4 Å². The van der Waals surface area contributed by atoms with Crippen LogP contribution in [0.4, 0.5) is 8.78 Å². The van der Waals surface area contributed by atoms with E-state index in [1.807, 2.05) is 13.8 Å². The first-order valence-electron chi connectivity index (χ1n) is 12.7. The summed E-state index contributed by atoms with van der Waals surface area (Å²) in [7, 11) is 0. The Labute approximate surface area is 220 Å². The van der Waals surface area contributed by atoms with E-state index in [1.54, 1.807) is 12.1 Å². The number of halogens is 2. The van der Waals surface area contributed by atoms with E-state index in [0.717, 1.165) is 6.07 Å². The molecule has 2 aromatic heterocycles. The molecular formula is C28H34F2N4O4. The van der Waals surface area contributed by atoms with E-state index in [0.29, 0.717) is 49.2 Å². The molecule has 0 fully saturated rings. The van der Waals surface area contributed by atoms with Gasteiger partial charge in [-0.3, -0.25) is 14.6 Å². The fourth-order valence-electron chi connectivity index (χ4n) is 4.76. The van der Waals surface area contributed by atoms with Crippen LogP contribution in [0.3, 0.4) is 0 Å². The molecule has 8 nitrogen and oxygen atoms in total. The number of carbonyl (C=O) groups excluding carboxylic acids is 2. The molecule has 10 heteroatoms. The maximum atomic E-state index is 14.1. The third kappa shape index (κ3) is 7.02. The molecule has 0 saturated heterocycles. The molecule has 0 aliphatic carbocycles. The molecule has 3 aromatic rings. The van der Waals surface area contributed by atoms with E-state index in [-0.39, 0.29) is 35.3 Å². The number of nitrogens with one attached hydrogen (secondary N) is 1. The van der Waals surface area contributed by atoms with Crippen molar-refractivity contribution in [1.82, 2.24) is 10.3 Å². The zero-order chi connectivity index (χ0) is 27.8. The Morgan fingerprint density at radius 3 is 2.26 bits per heavy atom. The van der Waals surface area contributed by atoms with Gasteiger partial charge in [0.2, 0.25) is 0 Å². The topological polar surface area (TPSA) is 144 Å². The normalized spacial score (nSPS) is 12.9. The minimum Gasteiger partial charge on any atom is -0.468 e. The zero-order valence-electron chi connectivity index (χ0n) is 21.6. The van der Waals surface area contributed by atoms with Crippen molar-refractivity contribution in [3.05, 3.63) is 87.6 Å². The van der Waals surface area contributed by atoms with Crippen LogP contribution in [-0.4, -0.2) is 34.6 Å². The van der Waals surface area contributed by atoms with Crippen LogP contribution in [0.1, 0.15) is 81.6 Å². The summed E-state index contributed by atoms with van der Waals surface area (Å²) < 4.78 is 33.4. The van der Waals surface area contributed by atoms with Gasteiger partial charge in [-0.1, -0.05) is 26.7 Å². The van der Waals surface area contributed by atoms with Gasteiger partial charge in [-0.05, 0) is 54.7 Å². The Balaban J connectivity index is 2.16. The maximum Gasteiger partial charge on any atom is 0.250 e. The number of rotatable bonds is 14. The first-order chi connectivity index (χ1) is 18.2. The van der Waals surface area contributed by atoms with Crippen LogP contribution in [0.2, 0.25) is 0 Å². The van der Waals surface area contributed by atoms with E-state index in [9.17, 15) is 23.5 Å². The first kappa shape index (κ1) is 28.9. The summed E-state index contributed by atoms with van der Waals surface area (Å²) in [5.74, 6) is -3.32. The molecule has 0 radical (unpaired) electrons. The average molecular weight is 529 g/mol. The fraction of sp³-hybridized carbons (Fsp3) is 0.393. The molecule has 1 aromatic carbocycles. The number of pyridine rings is 1. The highest BCUT2D eigenvalue weighted by molar-refractivity contribution is 6.02. The van der Waals surface area contributed by atoms with Crippen LogP contribution in [0.25, 0.3) is 0 Å². The lowest BCUT2D eigenvalue weighted by atomic mass is 9.83. The second-order valence-corrected chi connectivity index (χ2v) is 9.27. The van der Waals surface area contributed by atoms with Crippen LogP contribution in [0.5, 0.6) is 0 Å². The van der Waals surface area contributed by atoms with Gasteiger partial charge in [-0.15, -0.1) is 0 Å². The second-order valence-electron chi connectivity index (χ2n) is 9.27. The molecule has 0 bridgehead atoms. The van der Waals surface area contributed by atoms with Crippen molar-refractivity contribution in [2.24, 2.45) is 11.5 Å². The molecule has 0 aliphatic heterocycles. The molecule has 0 aliphatic rings. The second kappa shape index (κ2) is 13.3. The number of aliphatic hydroxyl groups excluding tert-OH is 1. The molecule has 0 spiro atoms. The molecule has 6 N–H and O–H groups in total. The molecule has 0 saturated carbocycles. The summed E-state index contributed by atoms with van der Waals surface area (Å²) in [5, 5.41) is 14.4. The Morgan fingerprint density at radius 1 is 1.05 bits per heavy atom. The molecule has 204 valence electrons. The van der Waals surface area contributed by atoms with Crippen LogP contribution in [-0.2, 0) is 25.8 Å². The number of primary amides is 2. The Morgan fingerprint density at radius 2 is 1.71 bits per heavy atom. The number of furan rings is 1. The van der Waals surface area contributed by atoms with Gasteiger partial charge in [-0.2, -0.15) is 0 Å². The summed E-state index contributed by atoms with van der Waals surface area (Å²) in [6, 6.07) is 6.60. The SMILES string of the molecule is CCCc1nc([C@H](Cc2cc(F)cc(F)c2)[C@@H](O)CNCc2ccco2)c(C(N)=O)c(CCC)c1C(N)=O. The Hall–Kier alpha value is -3.63. The minimum atomic E-state index is -1.15. The van der Waals surface area contributed by atoms with Crippen molar-refractivity contribution in [3.8, 4) is 0 Å². The number of amides is 2. The molecular weight excluding hydrogens is 494 g/mol. The lowest BCUT2D eigenvalue weighted by Crippen LogP contribution is -2.35. The molecule has 0 unspecified atom stereocenters. The highest BCUT2D eigenvalue weighted by atomic mass is 19.1. The summed E-state index contributed by atoms with van der Waals surface area (Å²) in [6.07, 6.45) is 2.29. The smallest absolute Gasteiger partial charge is 0.250 e. The van der Waals surface area contributed by atoms with Gasteiger partial charge >= 0.3 is 0 Å². The zero-order valence-corrected chi connectivity index (χ0v) is 21.6.